The van der Waals surface area contributed by atoms with Crippen molar-refractivity contribution < 1.29 is 9.53 Å². The van der Waals surface area contributed by atoms with Gasteiger partial charge in [0.2, 0.25) is 0 Å². The lowest BCUT2D eigenvalue weighted by Crippen LogP contribution is -2.45. The highest BCUT2D eigenvalue weighted by Crippen LogP contribution is 2.44. The topological polar surface area (TPSA) is 29.5 Å². The van der Waals surface area contributed by atoms with Crippen LogP contribution in [0.5, 0.6) is 0 Å². The first kappa shape index (κ1) is 18.3. The van der Waals surface area contributed by atoms with Gasteiger partial charge in [0.15, 0.2) is 0 Å². The Morgan fingerprint density at radius 2 is 1.93 bits per heavy atom. The van der Waals surface area contributed by atoms with Gasteiger partial charge in [0.1, 0.15) is 0 Å². The van der Waals surface area contributed by atoms with E-state index in [1.807, 2.05) is 43.0 Å². The van der Waals surface area contributed by atoms with Crippen LogP contribution in [-0.4, -0.2) is 23.9 Å². The minimum absolute atomic E-state index is 0.0871. The summed E-state index contributed by atoms with van der Waals surface area (Å²) < 4.78 is 6.22. The second-order valence-corrected chi connectivity index (χ2v) is 7.83. The number of allylic oxidation sites excluding steroid dienone is 1. The fraction of sp³-hybridized carbons (Fsp3) is 0.348. The molecule has 0 aromatic heterocycles. The van der Waals surface area contributed by atoms with Gasteiger partial charge < -0.3 is 9.64 Å². The lowest BCUT2D eigenvalue weighted by molar-refractivity contribution is -0.132. The van der Waals surface area contributed by atoms with E-state index in [0.29, 0.717) is 24.7 Å². The third-order valence-electron chi connectivity index (χ3n) is 5.87. The Bertz CT molecular complexity index is 910. The first-order valence-corrected chi connectivity index (χ1v) is 9.86. The number of carbonyl (C=O) groups excluding carboxylic acids is 1. The zero-order valence-electron chi connectivity index (χ0n) is 15.8. The highest BCUT2D eigenvalue weighted by Gasteiger charge is 2.43. The second-order valence-electron chi connectivity index (χ2n) is 7.39. The van der Waals surface area contributed by atoms with E-state index in [0.717, 1.165) is 29.5 Å². The monoisotopic (exact) mass is 381 g/mol. The number of carbonyl (C=O) groups is 1. The molecule has 0 saturated carbocycles. The van der Waals surface area contributed by atoms with Crippen LogP contribution in [0, 0.1) is 6.92 Å². The maximum atomic E-state index is 13.2. The molecule has 0 unspecified atom stereocenters. The van der Waals surface area contributed by atoms with Gasteiger partial charge in [0, 0.05) is 23.7 Å². The van der Waals surface area contributed by atoms with Crippen LogP contribution in [0.15, 0.2) is 48.5 Å². The number of aryl methyl sites for hydroxylation is 1. The Balaban J connectivity index is 1.52. The van der Waals surface area contributed by atoms with Gasteiger partial charge in [-0.05, 0) is 61.1 Å². The molecule has 1 fully saturated rings. The van der Waals surface area contributed by atoms with Crippen LogP contribution >= 0.6 is 11.6 Å². The summed E-state index contributed by atoms with van der Waals surface area (Å²) in [6, 6.07) is 14.1. The second kappa shape index (κ2) is 7.14. The van der Waals surface area contributed by atoms with Crippen LogP contribution in [0.4, 0.5) is 0 Å². The maximum absolute atomic E-state index is 13.2. The number of piperidine rings is 1. The van der Waals surface area contributed by atoms with Crippen molar-refractivity contribution in [2.45, 2.75) is 38.9 Å². The molecule has 3 nitrogen and oxygen atoms in total. The highest BCUT2D eigenvalue weighted by molar-refractivity contribution is 6.30. The first-order chi connectivity index (χ1) is 13.0. The van der Waals surface area contributed by atoms with Crippen molar-refractivity contribution in [2.24, 2.45) is 0 Å². The Labute approximate surface area is 165 Å². The summed E-state index contributed by atoms with van der Waals surface area (Å²) in [4.78, 5) is 15.2. The van der Waals surface area contributed by atoms with Gasteiger partial charge in [-0.25, -0.2) is 0 Å². The van der Waals surface area contributed by atoms with Gasteiger partial charge in [-0.2, -0.15) is 0 Å². The van der Waals surface area contributed by atoms with Crippen LogP contribution in [0.25, 0.3) is 5.57 Å². The molecule has 0 bridgehead atoms. The normalized spacial score (nSPS) is 18.6. The quantitative estimate of drug-likeness (QED) is 0.677. The van der Waals surface area contributed by atoms with Crippen LogP contribution in [0.2, 0.25) is 5.02 Å². The van der Waals surface area contributed by atoms with Crippen molar-refractivity contribution in [3.8, 4) is 0 Å². The number of benzene rings is 2. The number of hydrogen-bond donors (Lipinski definition) is 0. The number of rotatable bonds is 2. The predicted octanol–water partition coefficient (Wildman–Crippen LogP) is 5.10. The predicted molar refractivity (Wildman–Crippen MR) is 109 cm³/mol. The Kier molecular flexibility index (Phi) is 4.83. The fourth-order valence-corrected chi connectivity index (χ4v) is 4.59. The fourth-order valence-electron chi connectivity index (χ4n) is 4.36. The molecule has 1 amide bonds. The van der Waals surface area contributed by atoms with E-state index in [2.05, 4.69) is 24.3 Å². The summed E-state index contributed by atoms with van der Waals surface area (Å²) in [6.07, 6.45) is 3.59. The lowest BCUT2D eigenvalue weighted by Gasteiger charge is -2.39. The minimum atomic E-state index is -0.223. The van der Waals surface area contributed by atoms with Crippen LogP contribution in [-0.2, 0) is 21.7 Å². The number of ether oxygens (including phenoxy) is 1. The molecule has 2 heterocycles. The third-order valence-corrected chi connectivity index (χ3v) is 6.10. The van der Waals surface area contributed by atoms with E-state index >= 15 is 0 Å². The van der Waals surface area contributed by atoms with E-state index in [9.17, 15) is 4.79 Å². The summed E-state index contributed by atoms with van der Waals surface area (Å²) >= 11 is 6.07. The zero-order valence-corrected chi connectivity index (χ0v) is 16.6. The lowest BCUT2D eigenvalue weighted by atomic mass is 9.83. The van der Waals surface area contributed by atoms with Crippen molar-refractivity contribution in [3.05, 3.63) is 75.8 Å². The van der Waals surface area contributed by atoms with Crippen molar-refractivity contribution in [1.82, 2.24) is 4.90 Å². The van der Waals surface area contributed by atoms with E-state index < -0.39 is 0 Å². The van der Waals surface area contributed by atoms with Crippen molar-refractivity contribution >= 4 is 23.1 Å². The van der Waals surface area contributed by atoms with Gasteiger partial charge in [0.25, 0.3) is 5.91 Å². The molecule has 0 aliphatic carbocycles. The van der Waals surface area contributed by atoms with E-state index in [1.165, 1.54) is 11.1 Å². The Morgan fingerprint density at radius 3 is 2.63 bits per heavy atom. The zero-order chi connectivity index (χ0) is 19.0. The molecule has 1 saturated heterocycles. The molecular formula is C23H24ClNO2. The largest absolute Gasteiger partial charge is 0.365 e. The Hall–Kier alpha value is -2.10. The minimum Gasteiger partial charge on any atom is -0.365 e. The summed E-state index contributed by atoms with van der Waals surface area (Å²) in [6.45, 7) is 6.00. The molecule has 140 valence electrons. The van der Waals surface area contributed by atoms with Gasteiger partial charge in [-0.1, -0.05) is 48.0 Å². The number of hydrogen-bond acceptors (Lipinski definition) is 2. The Morgan fingerprint density at radius 1 is 1.19 bits per heavy atom. The summed E-state index contributed by atoms with van der Waals surface area (Å²) in [5.41, 5.74) is 5.08. The van der Waals surface area contributed by atoms with Crippen LogP contribution < -0.4 is 0 Å². The van der Waals surface area contributed by atoms with Gasteiger partial charge in [-0.3, -0.25) is 4.79 Å². The number of halogens is 1. The van der Waals surface area contributed by atoms with Crippen molar-refractivity contribution in [2.75, 3.05) is 13.1 Å². The van der Waals surface area contributed by atoms with Gasteiger partial charge in [0.05, 0.1) is 12.2 Å². The molecular weight excluding hydrogens is 358 g/mol. The molecule has 4 heteroatoms. The molecule has 27 heavy (non-hydrogen) atoms. The molecule has 0 radical (unpaired) electrons. The molecule has 4 rings (SSSR count). The van der Waals surface area contributed by atoms with E-state index in [1.54, 1.807) is 0 Å². The standard InChI is InChI=1S/C23H24ClNO2/c1-3-19(20-9-8-18(24)14-16(20)2)22(26)25-12-10-23(11-13-25)21-7-5-4-6-17(21)15-27-23/h3-9,14H,10-13,15H2,1-2H3/b19-3+. The molecule has 0 atom stereocenters. The van der Waals surface area contributed by atoms with Crippen LogP contribution in [0.3, 0.4) is 0 Å². The molecule has 2 aromatic carbocycles. The smallest absolute Gasteiger partial charge is 0.254 e. The highest BCUT2D eigenvalue weighted by atomic mass is 35.5. The maximum Gasteiger partial charge on any atom is 0.254 e. The van der Waals surface area contributed by atoms with Crippen molar-refractivity contribution in [1.29, 1.82) is 0 Å². The van der Waals surface area contributed by atoms with Crippen molar-refractivity contribution in [3.63, 3.8) is 0 Å². The average molecular weight is 382 g/mol. The first-order valence-electron chi connectivity index (χ1n) is 9.48. The van der Waals surface area contributed by atoms with E-state index in [4.69, 9.17) is 16.3 Å². The summed E-state index contributed by atoms with van der Waals surface area (Å²) in [7, 11) is 0. The number of amides is 1. The summed E-state index contributed by atoms with van der Waals surface area (Å²) in [5, 5.41) is 0.691. The van der Waals surface area contributed by atoms with E-state index in [-0.39, 0.29) is 11.5 Å². The number of likely N-dealkylation sites (tertiary alicyclic amines) is 1. The third kappa shape index (κ3) is 3.19. The number of nitrogens with zero attached hydrogens (tertiary/aromatic N) is 1. The molecule has 0 N–H and O–H groups in total. The van der Waals surface area contributed by atoms with Gasteiger partial charge >= 0.3 is 0 Å². The number of fused-ring (bicyclic) bond motifs is 2. The van der Waals surface area contributed by atoms with Crippen LogP contribution in [0.1, 0.15) is 42.0 Å². The SMILES string of the molecule is C/C=C(/C(=O)N1CCC2(CC1)OCc1ccccc12)c1ccc(Cl)cc1C. The molecule has 2 aliphatic rings. The average Bonchev–Trinajstić information content (AvgIpc) is 3.03. The molecule has 1 spiro atoms. The van der Waals surface area contributed by atoms with Gasteiger partial charge in [-0.15, -0.1) is 0 Å². The molecule has 2 aliphatic heterocycles. The molecule has 2 aromatic rings. The summed E-state index contributed by atoms with van der Waals surface area (Å²) in [5.74, 6) is 0.0871.